The lowest BCUT2D eigenvalue weighted by Gasteiger charge is -2.18. The molecule has 0 bridgehead atoms. The van der Waals surface area contributed by atoms with Crippen LogP contribution in [0.3, 0.4) is 0 Å². The Balaban J connectivity index is 1.60. The Labute approximate surface area is 124 Å². The van der Waals surface area contributed by atoms with E-state index in [4.69, 9.17) is 0 Å². The molecule has 0 amide bonds. The van der Waals surface area contributed by atoms with E-state index in [2.05, 4.69) is 41.0 Å². The fraction of sp³-hybridized carbons (Fsp3) is 0.412. The highest BCUT2D eigenvalue weighted by molar-refractivity contribution is 7.10. The smallest absolute Gasteiger partial charge is 0.0474 e. The van der Waals surface area contributed by atoms with Crippen molar-refractivity contribution in [3.05, 3.63) is 46.7 Å². The monoisotopic (exact) mass is 287 g/mol. The highest BCUT2D eigenvalue weighted by Gasteiger charge is 2.25. The summed E-state index contributed by atoms with van der Waals surface area (Å²) in [4.78, 5) is 1.37. The zero-order chi connectivity index (χ0) is 13.8. The van der Waals surface area contributed by atoms with Crippen LogP contribution in [0.15, 0.2) is 41.8 Å². The van der Waals surface area contributed by atoms with Gasteiger partial charge in [-0.25, -0.2) is 0 Å². The van der Waals surface area contributed by atoms with Gasteiger partial charge in [-0.05, 0) is 41.3 Å². The maximum absolute atomic E-state index is 9.35. The molecule has 20 heavy (non-hydrogen) atoms. The summed E-state index contributed by atoms with van der Waals surface area (Å²) in [6.45, 7) is 1.23. The van der Waals surface area contributed by atoms with Gasteiger partial charge >= 0.3 is 0 Å². The summed E-state index contributed by atoms with van der Waals surface area (Å²) in [5.74, 6) is 0.448. The van der Waals surface area contributed by atoms with Gasteiger partial charge in [0.1, 0.15) is 0 Å². The van der Waals surface area contributed by atoms with E-state index in [-0.39, 0.29) is 0 Å². The Morgan fingerprint density at radius 1 is 1.15 bits per heavy atom. The van der Waals surface area contributed by atoms with Gasteiger partial charge in [-0.2, -0.15) is 0 Å². The van der Waals surface area contributed by atoms with Crippen molar-refractivity contribution in [1.82, 2.24) is 5.32 Å². The summed E-state index contributed by atoms with van der Waals surface area (Å²) in [7, 11) is 0. The molecule has 0 saturated heterocycles. The minimum Gasteiger partial charge on any atom is -0.396 e. The minimum atomic E-state index is 0.317. The van der Waals surface area contributed by atoms with E-state index in [1.165, 1.54) is 28.8 Å². The first-order valence-corrected chi connectivity index (χ1v) is 8.22. The van der Waals surface area contributed by atoms with Crippen LogP contribution in [0.2, 0.25) is 0 Å². The second-order valence-corrected chi connectivity index (χ2v) is 6.52. The molecule has 1 heterocycles. The fourth-order valence-corrected chi connectivity index (χ4v) is 3.86. The Morgan fingerprint density at radius 2 is 2.00 bits per heavy atom. The summed E-state index contributed by atoms with van der Waals surface area (Å²) >= 11 is 1.81. The van der Waals surface area contributed by atoms with Crippen molar-refractivity contribution in [2.75, 3.05) is 6.61 Å². The molecular formula is C17H21NOS. The van der Waals surface area contributed by atoms with E-state index in [1.807, 2.05) is 17.4 Å². The van der Waals surface area contributed by atoms with Crippen LogP contribution >= 0.6 is 11.3 Å². The summed E-state index contributed by atoms with van der Waals surface area (Å²) in [6, 6.07) is 13.3. The molecule has 2 aromatic rings. The molecule has 2 N–H and O–H groups in total. The Morgan fingerprint density at radius 3 is 2.80 bits per heavy atom. The first-order chi connectivity index (χ1) is 9.86. The fourth-order valence-electron chi connectivity index (χ4n) is 3.01. The van der Waals surface area contributed by atoms with E-state index in [1.54, 1.807) is 0 Å². The maximum atomic E-state index is 9.35. The highest BCUT2D eigenvalue weighted by Crippen LogP contribution is 2.28. The third-order valence-electron chi connectivity index (χ3n) is 4.19. The number of aliphatic hydroxyl groups is 1. The zero-order valence-electron chi connectivity index (χ0n) is 11.6. The number of hydrogen-bond acceptors (Lipinski definition) is 3. The first-order valence-electron chi connectivity index (χ1n) is 7.34. The van der Waals surface area contributed by atoms with Gasteiger partial charge < -0.3 is 10.4 Å². The lowest BCUT2D eigenvalue weighted by atomic mass is 10.1. The van der Waals surface area contributed by atoms with Crippen LogP contribution in [0.25, 0.3) is 11.1 Å². The second kappa shape index (κ2) is 6.53. The lowest BCUT2D eigenvalue weighted by Crippen LogP contribution is -2.33. The zero-order valence-corrected chi connectivity index (χ0v) is 12.4. The largest absolute Gasteiger partial charge is 0.396 e. The van der Waals surface area contributed by atoms with Crippen molar-refractivity contribution >= 4 is 11.3 Å². The summed E-state index contributed by atoms with van der Waals surface area (Å²) in [5.41, 5.74) is 2.58. The number of benzene rings is 1. The molecule has 0 aliphatic heterocycles. The molecule has 1 aromatic heterocycles. The quantitative estimate of drug-likeness (QED) is 0.879. The third kappa shape index (κ3) is 3.11. The molecule has 1 aliphatic carbocycles. The molecule has 3 heteroatoms. The van der Waals surface area contributed by atoms with Crippen LogP contribution in [0, 0.1) is 5.92 Å². The van der Waals surface area contributed by atoms with Gasteiger partial charge in [0.05, 0.1) is 0 Å². The molecule has 1 saturated carbocycles. The predicted molar refractivity (Wildman–Crippen MR) is 84.8 cm³/mol. The van der Waals surface area contributed by atoms with Gasteiger partial charge in [0, 0.05) is 24.1 Å². The van der Waals surface area contributed by atoms with Crippen molar-refractivity contribution in [2.45, 2.75) is 31.8 Å². The molecule has 2 unspecified atom stereocenters. The SMILES string of the molecule is OCC1CCCC1NCc1cc(-c2ccccc2)cs1. The van der Waals surface area contributed by atoms with Crippen molar-refractivity contribution in [1.29, 1.82) is 0 Å². The Hall–Kier alpha value is -1.16. The molecule has 106 valence electrons. The van der Waals surface area contributed by atoms with Crippen LogP contribution < -0.4 is 5.32 Å². The summed E-state index contributed by atoms with van der Waals surface area (Å²) in [6.07, 6.45) is 3.60. The van der Waals surface area contributed by atoms with Crippen molar-refractivity contribution in [3.63, 3.8) is 0 Å². The van der Waals surface area contributed by atoms with Crippen LogP contribution in [-0.4, -0.2) is 17.8 Å². The predicted octanol–water partition coefficient (Wildman–Crippen LogP) is 3.67. The summed E-state index contributed by atoms with van der Waals surface area (Å²) in [5, 5.41) is 15.2. The maximum Gasteiger partial charge on any atom is 0.0474 e. The van der Waals surface area contributed by atoms with E-state index in [0.717, 1.165) is 13.0 Å². The second-order valence-electron chi connectivity index (χ2n) is 5.53. The van der Waals surface area contributed by atoms with Crippen molar-refractivity contribution in [3.8, 4) is 11.1 Å². The van der Waals surface area contributed by atoms with Crippen molar-refractivity contribution in [2.24, 2.45) is 5.92 Å². The Bertz CT molecular complexity index is 537. The molecule has 1 aromatic carbocycles. The lowest BCUT2D eigenvalue weighted by molar-refractivity contribution is 0.205. The molecule has 0 spiro atoms. The molecular weight excluding hydrogens is 266 g/mol. The number of aliphatic hydroxyl groups excluding tert-OH is 1. The standard InChI is InChI=1S/C17H21NOS/c19-11-14-7-4-8-17(14)18-10-16-9-15(12-20-16)13-5-2-1-3-6-13/h1-3,5-6,9,12,14,17-19H,4,7-8,10-11H2. The molecule has 2 nitrogen and oxygen atoms in total. The van der Waals surface area contributed by atoms with Gasteiger partial charge in [-0.1, -0.05) is 36.8 Å². The van der Waals surface area contributed by atoms with Crippen LogP contribution in [0.4, 0.5) is 0 Å². The normalized spacial score (nSPS) is 22.2. The number of thiophene rings is 1. The summed E-state index contributed by atoms with van der Waals surface area (Å²) < 4.78 is 0. The van der Waals surface area contributed by atoms with Gasteiger partial charge in [0.15, 0.2) is 0 Å². The van der Waals surface area contributed by atoms with Crippen LogP contribution in [0.1, 0.15) is 24.1 Å². The molecule has 2 atom stereocenters. The average Bonchev–Trinajstić information content (AvgIpc) is 3.15. The molecule has 3 rings (SSSR count). The Kier molecular flexibility index (Phi) is 4.51. The first kappa shape index (κ1) is 13.8. The minimum absolute atomic E-state index is 0.317. The van der Waals surface area contributed by atoms with Gasteiger partial charge in [0.25, 0.3) is 0 Å². The topological polar surface area (TPSA) is 32.3 Å². The van der Waals surface area contributed by atoms with E-state index in [0.29, 0.717) is 18.6 Å². The number of rotatable bonds is 5. The van der Waals surface area contributed by atoms with Crippen LogP contribution in [-0.2, 0) is 6.54 Å². The van der Waals surface area contributed by atoms with Gasteiger partial charge in [-0.3, -0.25) is 0 Å². The van der Waals surface area contributed by atoms with E-state index >= 15 is 0 Å². The van der Waals surface area contributed by atoms with E-state index in [9.17, 15) is 5.11 Å². The number of nitrogens with one attached hydrogen (secondary N) is 1. The highest BCUT2D eigenvalue weighted by atomic mass is 32.1. The van der Waals surface area contributed by atoms with Crippen LogP contribution in [0.5, 0.6) is 0 Å². The van der Waals surface area contributed by atoms with E-state index < -0.39 is 0 Å². The molecule has 1 aliphatic rings. The molecule has 1 fully saturated rings. The number of hydrogen-bond donors (Lipinski definition) is 2. The van der Waals surface area contributed by atoms with Crippen molar-refractivity contribution < 1.29 is 5.11 Å². The third-order valence-corrected chi connectivity index (χ3v) is 5.13. The molecule has 0 radical (unpaired) electrons. The van der Waals surface area contributed by atoms with Gasteiger partial charge in [-0.15, -0.1) is 11.3 Å². The van der Waals surface area contributed by atoms with Gasteiger partial charge in [0.2, 0.25) is 0 Å². The average molecular weight is 287 g/mol.